The Labute approximate surface area is 124 Å². The highest BCUT2D eigenvalue weighted by molar-refractivity contribution is 6.31. The number of benzene rings is 1. The molecule has 1 aliphatic rings. The molecule has 1 fully saturated rings. The summed E-state index contributed by atoms with van der Waals surface area (Å²) in [4.78, 5) is 14.1. The number of nitrogens with two attached hydrogens (primary N) is 1. The van der Waals surface area contributed by atoms with Crippen molar-refractivity contribution in [3.05, 3.63) is 34.9 Å². The zero-order chi connectivity index (χ0) is 14.7. The summed E-state index contributed by atoms with van der Waals surface area (Å²) in [6.07, 6.45) is -0.180. The molecule has 20 heavy (non-hydrogen) atoms. The highest BCUT2D eigenvalue weighted by atomic mass is 35.5. The molecule has 1 aromatic carbocycles. The molecule has 2 rings (SSSR count). The summed E-state index contributed by atoms with van der Waals surface area (Å²) >= 11 is 6.19. The monoisotopic (exact) mass is 296 g/mol. The van der Waals surface area contributed by atoms with Crippen molar-refractivity contribution in [2.24, 2.45) is 11.7 Å². The molecule has 1 aliphatic heterocycles. The van der Waals surface area contributed by atoms with Crippen molar-refractivity contribution in [1.29, 1.82) is 0 Å². The van der Waals surface area contributed by atoms with Gasteiger partial charge in [-0.25, -0.2) is 0 Å². The molecule has 0 saturated carbocycles. The molecule has 1 amide bonds. The predicted octanol–water partition coefficient (Wildman–Crippen LogP) is 2.22. The molecular weight excluding hydrogens is 276 g/mol. The molecule has 1 aromatic rings. The van der Waals surface area contributed by atoms with Gasteiger partial charge in [-0.15, -0.1) is 0 Å². The summed E-state index contributed by atoms with van der Waals surface area (Å²) in [5.74, 6) is 0.115. The summed E-state index contributed by atoms with van der Waals surface area (Å²) in [6.45, 7) is 5.50. The van der Waals surface area contributed by atoms with Crippen LogP contribution in [0.5, 0.6) is 0 Å². The van der Waals surface area contributed by atoms with Crippen LogP contribution in [-0.2, 0) is 9.53 Å². The standard InChI is InChI=1S/C15H21ClN2O2/c1-10(2)14(17)15(19)18-7-8-20-13(9-18)11-5-3-4-6-12(11)16/h3-6,10,13-14H,7-9,17H2,1-2H3/t13?,14-/m0/s1. The van der Waals surface area contributed by atoms with E-state index in [1.807, 2.05) is 38.1 Å². The van der Waals surface area contributed by atoms with Crippen LogP contribution in [-0.4, -0.2) is 36.5 Å². The van der Waals surface area contributed by atoms with Crippen molar-refractivity contribution in [3.8, 4) is 0 Å². The van der Waals surface area contributed by atoms with Gasteiger partial charge >= 0.3 is 0 Å². The minimum absolute atomic E-state index is 0.0136. The van der Waals surface area contributed by atoms with Crippen molar-refractivity contribution < 1.29 is 9.53 Å². The Morgan fingerprint density at radius 3 is 2.80 bits per heavy atom. The normalized spacial score (nSPS) is 21.1. The van der Waals surface area contributed by atoms with Crippen molar-refractivity contribution in [2.45, 2.75) is 26.0 Å². The molecular formula is C15H21ClN2O2. The first-order valence-electron chi connectivity index (χ1n) is 6.91. The Kier molecular flexibility index (Phi) is 5.02. The topological polar surface area (TPSA) is 55.6 Å². The molecule has 5 heteroatoms. The molecule has 1 unspecified atom stereocenters. The fourth-order valence-corrected chi connectivity index (χ4v) is 2.53. The Hall–Kier alpha value is -1.10. The largest absolute Gasteiger partial charge is 0.370 e. The summed E-state index contributed by atoms with van der Waals surface area (Å²) in [7, 11) is 0. The molecule has 4 nitrogen and oxygen atoms in total. The van der Waals surface area contributed by atoms with Gasteiger partial charge in [0.1, 0.15) is 6.10 Å². The highest BCUT2D eigenvalue weighted by Crippen LogP contribution is 2.28. The van der Waals surface area contributed by atoms with Gasteiger partial charge in [0.25, 0.3) is 0 Å². The first kappa shape index (κ1) is 15.3. The second-order valence-corrected chi connectivity index (χ2v) is 5.84. The Morgan fingerprint density at radius 2 is 2.15 bits per heavy atom. The molecule has 0 spiro atoms. The molecule has 0 aliphatic carbocycles. The minimum Gasteiger partial charge on any atom is -0.370 e. The lowest BCUT2D eigenvalue weighted by atomic mass is 10.0. The van der Waals surface area contributed by atoms with Crippen LogP contribution in [0.1, 0.15) is 25.5 Å². The van der Waals surface area contributed by atoms with Gasteiger partial charge < -0.3 is 15.4 Å². The maximum atomic E-state index is 12.3. The van der Waals surface area contributed by atoms with E-state index in [1.165, 1.54) is 0 Å². The van der Waals surface area contributed by atoms with Crippen LogP contribution in [0.25, 0.3) is 0 Å². The third-order valence-corrected chi connectivity index (χ3v) is 3.98. The van der Waals surface area contributed by atoms with Gasteiger partial charge in [-0.1, -0.05) is 43.6 Å². The maximum Gasteiger partial charge on any atom is 0.239 e. The number of carbonyl (C=O) groups excluding carboxylic acids is 1. The molecule has 0 aromatic heterocycles. The molecule has 2 atom stereocenters. The van der Waals surface area contributed by atoms with E-state index in [0.717, 1.165) is 5.56 Å². The zero-order valence-electron chi connectivity index (χ0n) is 11.9. The lowest BCUT2D eigenvalue weighted by molar-refractivity contribution is -0.141. The summed E-state index contributed by atoms with van der Waals surface area (Å²) in [5, 5.41) is 0.667. The van der Waals surface area contributed by atoms with E-state index in [-0.39, 0.29) is 17.9 Å². The molecule has 1 saturated heterocycles. The smallest absolute Gasteiger partial charge is 0.239 e. The zero-order valence-corrected chi connectivity index (χ0v) is 12.6. The van der Waals surface area contributed by atoms with Crippen LogP contribution in [0.3, 0.4) is 0 Å². The Balaban J connectivity index is 2.09. The van der Waals surface area contributed by atoms with Crippen molar-refractivity contribution in [3.63, 3.8) is 0 Å². The molecule has 2 N–H and O–H groups in total. The second kappa shape index (κ2) is 6.57. The van der Waals surface area contributed by atoms with E-state index in [0.29, 0.717) is 24.7 Å². The summed E-state index contributed by atoms with van der Waals surface area (Å²) in [6, 6.07) is 7.11. The van der Waals surface area contributed by atoms with E-state index in [4.69, 9.17) is 22.1 Å². The third-order valence-electron chi connectivity index (χ3n) is 3.63. The molecule has 0 radical (unpaired) electrons. The van der Waals surface area contributed by atoms with Gasteiger partial charge in [0, 0.05) is 17.1 Å². The van der Waals surface area contributed by atoms with Crippen molar-refractivity contribution in [1.82, 2.24) is 4.90 Å². The van der Waals surface area contributed by atoms with Gasteiger partial charge in [-0.3, -0.25) is 4.79 Å². The number of halogens is 1. The van der Waals surface area contributed by atoms with Gasteiger partial charge in [0.05, 0.1) is 19.2 Å². The number of hydrogen-bond donors (Lipinski definition) is 1. The van der Waals surface area contributed by atoms with E-state index in [9.17, 15) is 4.79 Å². The predicted molar refractivity (Wildman–Crippen MR) is 79.5 cm³/mol. The van der Waals surface area contributed by atoms with Gasteiger partial charge in [-0.05, 0) is 12.0 Å². The van der Waals surface area contributed by atoms with E-state index >= 15 is 0 Å². The second-order valence-electron chi connectivity index (χ2n) is 5.43. The van der Waals surface area contributed by atoms with Gasteiger partial charge in [0.2, 0.25) is 5.91 Å². The van der Waals surface area contributed by atoms with Crippen LogP contribution < -0.4 is 5.73 Å². The average molecular weight is 297 g/mol. The van der Waals surface area contributed by atoms with Crippen molar-refractivity contribution in [2.75, 3.05) is 19.7 Å². The van der Waals surface area contributed by atoms with Gasteiger partial charge in [-0.2, -0.15) is 0 Å². The summed E-state index contributed by atoms with van der Waals surface area (Å²) in [5.41, 5.74) is 6.87. The van der Waals surface area contributed by atoms with Crippen LogP contribution in [0.4, 0.5) is 0 Å². The lowest BCUT2D eigenvalue weighted by Gasteiger charge is -2.35. The first-order valence-corrected chi connectivity index (χ1v) is 7.29. The van der Waals surface area contributed by atoms with Crippen LogP contribution in [0.2, 0.25) is 5.02 Å². The number of ether oxygens (including phenoxy) is 1. The van der Waals surface area contributed by atoms with E-state index < -0.39 is 6.04 Å². The van der Waals surface area contributed by atoms with Crippen LogP contribution in [0, 0.1) is 5.92 Å². The first-order chi connectivity index (χ1) is 9.50. The van der Waals surface area contributed by atoms with Crippen LogP contribution in [0.15, 0.2) is 24.3 Å². The fraction of sp³-hybridized carbons (Fsp3) is 0.533. The fourth-order valence-electron chi connectivity index (χ4n) is 2.27. The number of carbonyl (C=O) groups is 1. The SMILES string of the molecule is CC(C)[C@H](N)C(=O)N1CCOC(c2ccccc2Cl)C1. The number of hydrogen-bond acceptors (Lipinski definition) is 3. The van der Waals surface area contributed by atoms with Crippen molar-refractivity contribution >= 4 is 17.5 Å². The third kappa shape index (κ3) is 3.32. The number of rotatable bonds is 3. The quantitative estimate of drug-likeness (QED) is 0.930. The van der Waals surface area contributed by atoms with E-state index in [2.05, 4.69) is 0 Å². The Morgan fingerprint density at radius 1 is 1.45 bits per heavy atom. The minimum atomic E-state index is -0.458. The summed E-state index contributed by atoms with van der Waals surface area (Å²) < 4.78 is 5.75. The average Bonchev–Trinajstić information content (AvgIpc) is 2.46. The van der Waals surface area contributed by atoms with E-state index in [1.54, 1.807) is 4.90 Å². The number of amides is 1. The van der Waals surface area contributed by atoms with Gasteiger partial charge in [0.15, 0.2) is 0 Å². The number of nitrogens with zero attached hydrogens (tertiary/aromatic N) is 1. The molecule has 0 bridgehead atoms. The molecule has 110 valence electrons. The number of morpholine rings is 1. The Bertz CT molecular complexity index is 479. The van der Waals surface area contributed by atoms with Crippen LogP contribution >= 0.6 is 11.6 Å². The molecule has 1 heterocycles. The lowest BCUT2D eigenvalue weighted by Crippen LogP contribution is -2.51. The maximum absolute atomic E-state index is 12.3. The highest BCUT2D eigenvalue weighted by Gasteiger charge is 2.30.